The summed E-state index contributed by atoms with van der Waals surface area (Å²) >= 11 is 0. The fraction of sp³-hybridized carbons (Fsp3) is 0.933. The van der Waals surface area contributed by atoms with Crippen molar-refractivity contribution in [3.05, 3.63) is 0 Å². The smallest absolute Gasteiger partial charge is 0.220 e. The number of nitrogens with two attached hydrogens (primary N) is 1. The van der Waals surface area contributed by atoms with Crippen LogP contribution in [0.5, 0.6) is 0 Å². The standard InChI is InChI=1S/C15H30N2O/c1-3-12(9-10-16)7-8-15(18)17-14(4-2)11-13-5-6-13/h12-14H,3-11,16H2,1-2H3,(H,17,18). The van der Waals surface area contributed by atoms with Crippen LogP contribution in [0.1, 0.15) is 65.2 Å². The van der Waals surface area contributed by atoms with Gasteiger partial charge in [0.25, 0.3) is 0 Å². The highest BCUT2D eigenvalue weighted by atomic mass is 16.1. The van der Waals surface area contributed by atoms with Crippen LogP contribution in [0.3, 0.4) is 0 Å². The molecular formula is C15H30N2O. The molecule has 106 valence electrons. The fourth-order valence-corrected chi connectivity index (χ4v) is 2.51. The molecule has 1 aliphatic carbocycles. The molecule has 2 atom stereocenters. The molecule has 0 aromatic rings. The van der Waals surface area contributed by atoms with E-state index in [0.717, 1.165) is 38.1 Å². The summed E-state index contributed by atoms with van der Waals surface area (Å²) in [6.45, 7) is 5.08. The number of carbonyl (C=O) groups is 1. The molecule has 0 spiro atoms. The quantitative estimate of drug-likeness (QED) is 0.630. The molecule has 1 aliphatic rings. The van der Waals surface area contributed by atoms with Gasteiger partial charge in [0.15, 0.2) is 0 Å². The Kier molecular flexibility index (Phi) is 7.33. The van der Waals surface area contributed by atoms with Crippen molar-refractivity contribution < 1.29 is 4.79 Å². The maximum Gasteiger partial charge on any atom is 0.220 e. The molecule has 18 heavy (non-hydrogen) atoms. The van der Waals surface area contributed by atoms with E-state index in [1.807, 2.05) is 0 Å². The predicted octanol–water partition coefficient (Wildman–Crippen LogP) is 2.84. The first-order valence-electron chi connectivity index (χ1n) is 7.68. The first kappa shape index (κ1) is 15.5. The van der Waals surface area contributed by atoms with Gasteiger partial charge in [-0.3, -0.25) is 4.79 Å². The Morgan fingerprint density at radius 3 is 2.50 bits per heavy atom. The van der Waals surface area contributed by atoms with Crippen molar-refractivity contribution in [2.45, 2.75) is 71.3 Å². The molecule has 0 radical (unpaired) electrons. The Bertz CT molecular complexity index is 239. The van der Waals surface area contributed by atoms with E-state index < -0.39 is 0 Å². The van der Waals surface area contributed by atoms with Crippen molar-refractivity contribution in [1.29, 1.82) is 0 Å². The lowest BCUT2D eigenvalue weighted by molar-refractivity contribution is -0.122. The molecule has 1 fully saturated rings. The topological polar surface area (TPSA) is 55.1 Å². The van der Waals surface area contributed by atoms with E-state index in [9.17, 15) is 4.79 Å². The molecule has 0 aromatic heterocycles. The Labute approximate surface area is 112 Å². The highest BCUT2D eigenvalue weighted by Gasteiger charge is 2.25. The van der Waals surface area contributed by atoms with Crippen molar-refractivity contribution in [3.63, 3.8) is 0 Å². The fourth-order valence-electron chi connectivity index (χ4n) is 2.51. The number of carbonyl (C=O) groups excluding carboxylic acids is 1. The minimum Gasteiger partial charge on any atom is -0.353 e. The third-order valence-electron chi connectivity index (χ3n) is 4.10. The Morgan fingerprint density at radius 1 is 1.28 bits per heavy atom. The maximum atomic E-state index is 11.9. The summed E-state index contributed by atoms with van der Waals surface area (Å²) < 4.78 is 0. The Hall–Kier alpha value is -0.570. The van der Waals surface area contributed by atoms with Gasteiger partial charge in [-0.15, -0.1) is 0 Å². The van der Waals surface area contributed by atoms with E-state index in [1.54, 1.807) is 0 Å². The highest BCUT2D eigenvalue weighted by Crippen LogP contribution is 2.34. The minimum atomic E-state index is 0.234. The van der Waals surface area contributed by atoms with Gasteiger partial charge in [0.05, 0.1) is 0 Å². The van der Waals surface area contributed by atoms with E-state index in [2.05, 4.69) is 19.2 Å². The summed E-state index contributed by atoms with van der Waals surface area (Å²) in [5.74, 6) is 1.73. The third-order valence-corrected chi connectivity index (χ3v) is 4.10. The third kappa shape index (κ3) is 6.39. The van der Waals surface area contributed by atoms with Crippen molar-refractivity contribution in [2.75, 3.05) is 6.54 Å². The summed E-state index contributed by atoms with van der Waals surface area (Å²) in [5.41, 5.74) is 5.57. The lowest BCUT2D eigenvalue weighted by Gasteiger charge is -2.18. The Morgan fingerprint density at radius 2 is 2.00 bits per heavy atom. The van der Waals surface area contributed by atoms with Gasteiger partial charge in [-0.1, -0.05) is 33.1 Å². The van der Waals surface area contributed by atoms with Crippen molar-refractivity contribution >= 4 is 5.91 Å². The molecule has 3 heteroatoms. The van der Waals surface area contributed by atoms with Gasteiger partial charge in [-0.2, -0.15) is 0 Å². The molecule has 0 aromatic carbocycles. The minimum absolute atomic E-state index is 0.234. The lowest BCUT2D eigenvalue weighted by atomic mass is 9.96. The molecule has 3 nitrogen and oxygen atoms in total. The van der Waals surface area contributed by atoms with Gasteiger partial charge in [-0.05, 0) is 44.1 Å². The second-order valence-electron chi connectivity index (χ2n) is 5.74. The molecule has 3 N–H and O–H groups in total. The van der Waals surface area contributed by atoms with E-state index in [0.29, 0.717) is 18.4 Å². The molecule has 0 bridgehead atoms. The second kappa shape index (κ2) is 8.52. The lowest BCUT2D eigenvalue weighted by Crippen LogP contribution is -2.34. The monoisotopic (exact) mass is 254 g/mol. The molecule has 0 aliphatic heterocycles. The van der Waals surface area contributed by atoms with E-state index in [1.165, 1.54) is 19.3 Å². The Balaban J connectivity index is 2.17. The summed E-state index contributed by atoms with van der Waals surface area (Å²) in [6, 6.07) is 0.402. The average Bonchev–Trinajstić information content (AvgIpc) is 3.17. The molecule has 1 saturated carbocycles. The van der Waals surface area contributed by atoms with Gasteiger partial charge in [-0.25, -0.2) is 0 Å². The van der Waals surface area contributed by atoms with E-state index in [4.69, 9.17) is 5.73 Å². The largest absolute Gasteiger partial charge is 0.353 e. The molecule has 1 rings (SSSR count). The molecule has 0 saturated heterocycles. The summed E-state index contributed by atoms with van der Waals surface area (Å²) in [5, 5.41) is 3.19. The van der Waals surface area contributed by atoms with Crippen LogP contribution < -0.4 is 11.1 Å². The molecular weight excluding hydrogens is 224 g/mol. The second-order valence-corrected chi connectivity index (χ2v) is 5.74. The zero-order valence-electron chi connectivity index (χ0n) is 12.1. The van der Waals surface area contributed by atoms with Crippen molar-refractivity contribution in [2.24, 2.45) is 17.6 Å². The van der Waals surface area contributed by atoms with Gasteiger partial charge < -0.3 is 11.1 Å². The summed E-state index contributed by atoms with van der Waals surface area (Å²) in [4.78, 5) is 11.9. The van der Waals surface area contributed by atoms with Crippen LogP contribution in [0.25, 0.3) is 0 Å². The van der Waals surface area contributed by atoms with Crippen LogP contribution in [-0.4, -0.2) is 18.5 Å². The van der Waals surface area contributed by atoms with Crippen LogP contribution >= 0.6 is 0 Å². The van der Waals surface area contributed by atoms with Crippen molar-refractivity contribution in [1.82, 2.24) is 5.32 Å². The van der Waals surface area contributed by atoms with Gasteiger partial charge in [0.2, 0.25) is 5.91 Å². The summed E-state index contributed by atoms with van der Waals surface area (Å²) in [7, 11) is 0. The molecule has 0 heterocycles. The van der Waals surface area contributed by atoms with Gasteiger partial charge in [0, 0.05) is 12.5 Å². The first-order chi connectivity index (χ1) is 8.69. The molecule has 1 amide bonds. The SMILES string of the molecule is CCC(CCN)CCC(=O)NC(CC)CC1CC1. The predicted molar refractivity (Wildman–Crippen MR) is 76.2 cm³/mol. The number of hydrogen-bond acceptors (Lipinski definition) is 2. The number of hydrogen-bond donors (Lipinski definition) is 2. The van der Waals surface area contributed by atoms with Crippen LogP contribution in [0.2, 0.25) is 0 Å². The zero-order chi connectivity index (χ0) is 13.4. The van der Waals surface area contributed by atoms with Gasteiger partial charge in [0.1, 0.15) is 0 Å². The summed E-state index contributed by atoms with van der Waals surface area (Å²) in [6.07, 6.45) is 8.79. The van der Waals surface area contributed by atoms with Crippen LogP contribution in [0.15, 0.2) is 0 Å². The maximum absolute atomic E-state index is 11.9. The van der Waals surface area contributed by atoms with Crippen LogP contribution in [0.4, 0.5) is 0 Å². The molecule has 2 unspecified atom stereocenters. The number of nitrogens with one attached hydrogen (secondary N) is 1. The zero-order valence-corrected chi connectivity index (χ0v) is 12.1. The van der Waals surface area contributed by atoms with E-state index >= 15 is 0 Å². The number of rotatable bonds is 10. The normalized spacial score (nSPS) is 18.4. The van der Waals surface area contributed by atoms with Crippen molar-refractivity contribution in [3.8, 4) is 0 Å². The first-order valence-corrected chi connectivity index (χ1v) is 7.68. The van der Waals surface area contributed by atoms with Gasteiger partial charge >= 0.3 is 0 Å². The average molecular weight is 254 g/mol. The van der Waals surface area contributed by atoms with Crippen LogP contribution in [0, 0.1) is 11.8 Å². The number of amides is 1. The van der Waals surface area contributed by atoms with Crippen LogP contribution in [-0.2, 0) is 4.79 Å². The highest BCUT2D eigenvalue weighted by molar-refractivity contribution is 5.76. The van der Waals surface area contributed by atoms with E-state index in [-0.39, 0.29) is 5.91 Å².